The molecule has 0 aliphatic heterocycles. The summed E-state index contributed by atoms with van der Waals surface area (Å²) in [6.45, 7) is 6.79. The Balaban J connectivity index is 2.78. The molecule has 0 amide bonds. The molecule has 0 aromatic heterocycles. The van der Waals surface area contributed by atoms with Crippen LogP contribution in [-0.4, -0.2) is 19.0 Å². The van der Waals surface area contributed by atoms with Gasteiger partial charge in [-0.15, -0.1) is 0 Å². The maximum absolute atomic E-state index is 2.35. The molecule has 0 spiro atoms. The Bertz CT molecular complexity index is 234. The van der Waals surface area contributed by atoms with Gasteiger partial charge < -0.3 is 4.90 Å². The average Bonchev–Trinajstić information content (AvgIpc) is 2.04. The quantitative estimate of drug-likeness (QED) is 0.629. The van der Waals surface area contributed by atoms with E-state index >= 15 is 0 Å². The number of hydrogen-bond donors (Lipinski definition) is 0. The van der Waals surface area contributed by atoms with Crippen LogP contribution in [-0.2, 0) is 0 Å². The van der Waals surface area contributed by atoms with Gasteiger partial charge >= 0.3 is 0 Å². The molecule has 1 unspecified atom stereocenters. The van der Waals surface area contributed by atoms with Crippen molar-refractivity contribution in [3.05, 3.63) is 23.4 Å². The van der Waals surface area contributed by atoms with E-state index in [0.29, 0.717) is 0 Å². The first-order chi connectivity index (χ1) is 6.02. The molecule has 1 aliphatic rings. The Hall–Kier alpha value is -0.720. The molecule has 1 rings (SSSR count). The minimum Gasteiger partial charge on any atom is -0.381 e. The normalized spacial score (nSPS) is 22.8. The summed E-state index contributed by atoms with van der Waals surface area (Å²) in [4.78, 5) is 2.24. The monoisotopic (exact) mass is 179 g/mol. The van der Waals surface area contributed by atoms with E-state index in [0.717, 1.165) is 11.8 Å². The summed E-state index contributed by atoms with van der Waals surface area (Å²) in [5, 5.41) is 0. The van der Waals surface area contributed by atoms with Gasteiger partial charge in [-0.1, -0.05) is 26.0 Å². The van der Waals surface area contributed by atoms with Crippen molar-refractivity contribution in [2.45, 2.75) is 27.2 Å². The van der Waals surface area contributed by atoms with E-state index in [-0.39, 0.29) is 0 Å². The molecule has 0 saturated carbocycles. The molecule has 0 saturated heterocycles. The van der Waals surface area contributed by atoms with Crippen molar-refractivity contribution < 1.29 is 0 Å². The van der Waals surface area contributed by atoms with Crippen molar-refractivity contribution in [3.63, 3.8) is 0 Å². The number of allylic oxidation sites excluding steroid dienone is 4. The molecular weight excluding hydrogens is 158 g/mol. The number of hydrogen-bond acceptors (Lipinski definition) is 1. The summed E-state index contributed by atoms with van der Waals surface area (Å²) in [5.74, 6) is 1.47. The molecule has 0 heterocycles. The molecule has 1 heteroatoms. The molecule has 1 atom stereocenters. The fourth-order valence-electron chi connectivity index (χ4n) is 1.81. The third-order valence-corrected chi connectivity index (χ3v) is 2.87. The van der Waals surface area contributed by atoms with Crippen LogP contribution in [0.25, 0.3) is 0 Å². The van der Waals surface area contributed by atoms with E-state index in [9.17, 15) is 0 Å². The van der Waals surface area contributed by atoms with Crippen molar-refractivity contribution >= 4 is 0 Å². The van der Waals surface area contributed by atoms with Crippen molar-refractivity contribution in [1.29, 1.82) is 0 Å². The third-order valence-electron chi connectivity index (χ3n) is 2.87. The van der Waals surface area contributed by atoms with Gasteiger partial charge in [0.2, 0.25) is 0 Å². The Morgan fingerprint density at radius 3 is 2.46 bits per heavy atom. The van der Waals surface area contributed by atoms with Gasteiger partial charge in [-0.2, -0.15) is 0 Å². The molecule has 1 aliphatic carbocycles. The van der Waals surface area contributed by atoms with Crippen molar-refractivity contribution in [3.8, 4) is 0 Å². The van der Waals surface area contributed by atoms with Gasteiger partial charge in [0.05, 0.1) is 0 Å². The number of nitrogens with zero attached hydrogens (tertiary/aromatic N) is 1. The van der Waals surface area contributed by atoms with Gasteiger partial charge in [0.15, 0.2) is 0 Å². The smallest absolute Gasteiger partial charge is 0.0163 e. The van der Waals surface area contributed by atoms with Gasteiger partial charge in [-0.05, 0) is 30.8 Å². The Kier molecular flexibility index (Phi) is 3.18. The highest BCUT2D eigenvalue weighted by Crippen LogP contribution is 2.29. The zero-order chi connectivity index (χ0) is 10.0. The Morgan fingerprint density at radius 1 is 1.38 bits per heavy atom. The molecule has 13 heavy (non-hydrogen) atoms. The lowest BCUT2D eigenvalue weighted by atomic mass is 9.86. The summed E-state index contributed by atoms with van der Waals surface area (Å²) in [6.07, 6.45) is 5.82. The highest BCUT2D eigenvalue weighted by atomic mass is 15.1. The predicted octanol–water partition coefficient (Wildman–Crippen LogP) is 3.05. The summed E-state index contributed by atoms with van der Waals surface area (Å²) in [5.41, 5.74) is 2.91. The molecule has 0 N–H and O–H groups in total. The molecule has 0 aromatic carbocycles. The van der Waals surface area contributed by atoms with Crippen LogP contribution >= 0.6 is 0 Å². The van der Waals surface area contributed by atoms with Crippen LogP contribution in [0.3, 0.4) is 0 Å². The van der Waals surface area contributed by atoms with E-state index in [1.165, 1.54) is 17.7 Å². The van der Waals surface area contributed by atoms with Crippen LogP contribution in [0.2, 0.25) is 0 Å². The lowest BCUT2D eigenvalue weighted by molar-refractivity contribution is 0.391. The molecule has 0 radical (unpaired) electrons. The van der Waals surface area contributed by atoms with Crippen LogP contribution < -0.4 is 0 Å². The molecule has 0 fully saturated rings. The van der Waals surface area contributed by atoms with Crippen molar-refractivity contribution in [2.24, 2.45) is 11.8 Å². The first-order valence-corrected chi connectivity index (χ1v) is 5.07. The molecule has 0 bridgehead atoms. The zero-order valence-electron chi connectivity index (χ0n) is 9.46. The summed E-state index contributed by atoms with van der Waals surface area (Å²) in [6, 6.07) is 0. The Morgan fingerprint density at radius 2 is 2.00 bits per heavy atom. The van der Waals surface area contributed by atoms with Gasteiger partial charge in [-0.3, -0.25) is 0 Å². The molecular formula is C12H21N. The SMILES string of the molecule is CC1=C(N(C)C)CC(C(C)C)C=C1. The molecule has 74 valence electrons. The van der Waals surface area contributed by atoms with Crippen LogP contribution in [0.4, 0.5) is 0 Å². The largest absolute Gasteiger partial charge is 0.381 e. The van der Waals surface area contributed by atoms with E-state index in [4.69, 9.17) is 0 Å². The van der Waals surface area contributed by atoms with Crippen LogP contribution in [0.1, 0.15) is 27.2 Å². The first kappa shape index (κ1) is 10.4. The second-order valence-electron chi connectivity index (χ2n) is 4.50. The lowest BCUT2D eigenvalue weighted by Gasteiger charge is -2.28. The highest BCUT2D eigenvalue weighted by molar-refractivity contribution is 5.28. The van der Waals surface area contributed by atoms with Crippen LogP contribution in [0.15, 0.2) is 23.4 Å². The topological polar surface area (TPSA) is 3.24 Å². The van der Waals surface area contributed by atoms with E-state index in [2.05, 4.69) is 51.9 Å². The molecule has 1 nitrogen and oxygen atoms in total. The fourth-order valence-corrected chi connectivity index (χ4v) is 1.81. The maximum Gasteiger partial charge on any atom is 0.0163 e. The van der Waals surface area contributed by atoms with Gasteiger partial charge in [0.25, 0.3) is 0 Å². The van der Waals surface area contributed by atoms with Gasteiger partial charge in [0, 0.05) is 19.8 Å². The van der Waals surface area contributed by atoms with Crippen LogP contribution in [0.5, 0.6) is 0 Å². The van der Waals surface area contributed by atoms with Gasteiger partial charge in [-0.25, -0.2) is 0 Å². The second kappa shape index (κ2) is 3.99. The van der Waals surface area contributed by atoms with Crippen molar-refractivity contribution in [2.75, 3.05) is 14.1 Å². The summed E-state index contributed by atoms with van der Waals surface area (Å²) < 4.78 is 0. The number of rotatable bonds is 2. The predicted molar refractivity (Wildman–Crippen MR) is 58.5 cm³/mol. The van der Waals surface area contributed by atoms with E-state index in [1.807, 2.05) is 0 Å². The van der Waals surface area contributed by atoms with E-state index in [1.54, 1.807) is 0 Å². The third kappa shape index (κ3) is 2.36. The average molecular weight is 179 g/mol. The summed E-state index contributed by atoms with van der Waals surface area (Å²) in [7, 11) is 4.27. The standard InChI is InChI=1S/C12H21N/c1-9(2)11-7-6-10(3)12(8-11)13(4)5/h6-7,9,11H,8H2,1-5H3. The summed E-state index contributed by atoms with van der Waals surface area (Å²) >= 11 is 0. The van der Waals surface area contributed by atoms with E-state index < -0.39 is 0 Å². The maximum atomic E-state index is 2.35. The first-order valence-electron chi connectivity index (χ1n) is 5.07. The minimum atomic E-state index is 0.723. The molecule has 0 aromatic rings. The lowest BCUT2D eigenvalue weighted by Crippen LogP contribution is -2.20. The Labute approximate surface area is 82.1 Å². The minimum absolute atomic E-state index is 0.723. The zero-order valence-corrected chi connectivity index (χ0v) is 9.46. The second-order valence-corrected chi connectivity index (χ2v) is 4.50. The fraction of sp³-hybridized carbons (Fsp3) is 0.667. The highest BCUT2D eigenvalue weighted by Gasteiger charge is 2.18. The van der Waals surface area contributed by atoms with Gasteiger partial charge in [0.1, 0.15) is 0 Å². The van der Waals surface area contributed by atoms with Crippen molar-refractivity contribution in [1.82, 2.24) is 4.90 Å². The van der Waals surface area contributed by atoms with Crippen LogP contribution in [0, 0.1) is 11.8 Å².